The maximum atomic E-state index is 13.7. The number of hydrogen-bond donors (Lipinski definition) is 2. The molecule has 0 radical (unpaired) electrons. The highest BCUT2D eigenvalue weighted by atomic mass is 31.1. The molecule has 1 aromatic heterocycles. The minimum atomic E-state index is -2.86. The SMILES string of the molecule is CO[PH](=O)C(C#Cc1c(C(C)C)nc(-c2ccccc2)n1-c1ccc(F)cc1)C(O)CC(=O)O. The van der Waals surface area contributed by atoms with Crippen molar-refractivity contribution in [2.24, 2.45) is 0 Å². The number of hydrogen-bond acceptors (Lipinski definition) is 5. The third-order valence-electron chi connectivity index (χ3n) is 5.14. The average Bonchev–Trinajstić information content (AvgIpc) is 3.19. The minimum absolute atomic E-state index is 0.0460. The summed E-state index contributed by atoms with van der Waals surface area (Å²) in [4.78, 5) is 15.9. The summed E-state index contributed by atoms with van der Waals surface area (Å²) in [5.74, 6) is 4.68. The number of aliphatic carboxylic acids is 1. The summed E-state index contributed by atoms with van der Waals surface area (Å²) in [7, 11) is -1.64. The van der Waals surface area contributed by atoms with E-state index in [1.807, 2.05) is 44.2 Å². The van der Waals surface area contributed by atoms with Crippen LogP contribution in [0.3, 0.4) is 0 Å². The molecule has 178 valence electrons. The van der Waals surface area contributed by atoms with Crippen molar-refractivity contribution in [1.29, 1.82) is 0 Å². The number of nitrogens with zero attached hydrogens (tertiary/aromatic N) is 2. The summed E-state index contributed by atoms with van der Waals surface area (Å²) in [5.41, 5.74) is 1.36. The summed E-state index contributed by atoms with van der Waals surface area (Å²) in [6.07, 6.45) is -2.10. The number of rotatable bonds is 8. The lowest BCUT2D eigenvalue weighted by Gasteiger charge is -2.15. The molecule has 2 N–H and O–H groups in total. The van der Waals surface area contributed by atoms with Gasteiger partial charge in [0.25, 0.3) is 0 Å². The molecule has 3 aromatic rings. The lowest BCUT2D eigenvalue weighted by Crippen LogP contribution is -2.25. The van der Waals surface area contributed by atoms with Crippen LogP contribution in [0.5, 0.6) is 0 Å². The number of carboxylic acid groups (broad SMARTS) is 1. The highest BCUT2D eigenvalue weighted by Gasteiger charge is 2.27. The van der Waals surface area contributed by atoms with Crippen molar-refractivity contribution in [3.8, 4) is 28.9 Å². The molecule has 0 spiro atoms. The van der Waals surface area contributed by atoms with E-state index in [4.69, 9.17) is 14.6 Å². The van der Waals surface area contributed by atoms with Crippen LogP contribution in [0.1, 0.15) is 37.6 Å². The predicted molar refractivity (Wildman–Crippen MR) is 128 cm³/mol. The largest absolute Gasteiger partial charge is 0.481 e. The van der Waals surface area contributed by atoms with Gasteiger partial charge in [0.05, 0.1) is 18.2 Å². The zero-order chi connectivity index (χ0) is 24.8. The molecule has 0 aliphatic carbocycles. The second-order valence-corrected chi connectivity index (χ2v) is 9.61. The van der Waals surface area contributed by atoms with E-state index in [2.05, 4.69) is 11.8 Å². The molecule has 0 bridgehead atoms. The van der Waals surface area contributed by atoms with Crippen molar-refractivity contribution >= 4 is 14.0 Å². The van der Waals surface area contributed by atoms with Gasteiger partial charge in [0, 0.05) is 18.4 Å². The highest BCUT2D eigenvalue weighted by molar-refractivity contribution is 7.40. The van der Waals surface area contributed by atoms with E-state index >= 15 is 0 Å². The van der Waals surface area contributed by atoms with E-state index in [0.717, 1.165) is 5.56 Å². The molecule has 0 aliphatic rings. The van der Waals surface area contributed by atoms with E-state index in [0.29, 0.717) is 22.9 Å². The van der Waals surface area contributed by atoms with E-state index in [-0.39, 0.29) is 5.92 Å². The van der Waals surface area contributed by atoms with Gasteiger partial charge >= 0.3 is 5.97 Å². The topological polar surface area (TPSA) is 102 Å². The molecule has 0 saturated heterocycles. The molecule has 9 heteroatoms. The van der Waals surface area contributed by atoms with Crippen molar-refractivity contribution in [2.45, 2.75) is 37.9 Å². The van der Waals surface area contributed by atoms with Crippen LogP contribution in [-0.4, -0.2) is 44.6 Å². The van der Waals surface area contributed by atoms with Crippen LogP contribution < -0.4 is 0 Å². The average molecular weight is 484 g/mol. The molecule has 2 aromatic carbocycles. The summed E-state index contributed by atoms with van der Waals surface area (Å²) >= 11 is 0. The van der Waals surface area contributed by atoms with Gasteiger partial charge in [-0.25, -0.2) is 9.37 Å². The first-order valence-electron chi connectivity index (χ1n) is 10.7. The monoisotopic (exact) mass is 484 g/mol. The third kappa shape index (κ3) is 5.81. The number of benzene rings is 2. The first kappa shape index (κ1) is 25.4. The van der Waals surface area contributed by atoms with Crippen molar-refractivity contribution in [3.63, 3.8) is 0 Å². The predicted octanol–water partition coefficient (Wildman–Crippen LogP) is 4.48. The van der Waals surface area contributed by atoms with Crippen molar-refractivity contribution in [2.75, 3.05) is 7.11 Å². The van der Waals surface area contributed by atoms with Crippen molar-refractivity contribution in [1.82, 2.24) is 9.55 Å². The number of carboxylic acids is 1. The van der Waals surface area contributed by atoms with Gasteiger partial charge in [-0.05, 0) is 36.1 Å². The zero-order valence-electron chi connectivity index (χ0n) is 19.0. The Morgan fingerprint density at radius 2 is 1.82 bits per heavy atom. The van der Waals surface area contributed by atoms with Crippen LogP contribution in [0, 0.1) is 17.7 Å². The zero-order valence-corrected chi connectivity index (χ0v) is 20.0. The number of aromatic nitrogens is 2. The molecule has 1 heterocycles. The van der Waals surface area contributed by atoms with E-state index in [1.165, 1.54) is 19.2 Å². The fraction of sp³-hybridized carbons (Fsp3) is 0.280. The second-order valence-electron chi connectivity index (χ2n) is 7.94. The molecule has 0 saturated carbocycles. The standard InChI is InChI=1S/C25H26FN2O5P/c1-16(2)24-20(13-14-22(34(32)33-3)21(29)15-23(30)31)28(19-11-9-18(26)10-12-19)25(27-24)17-7-5-4-6-8-17/h4-12,16,21-22,29,34H,15H2,1-3H3,(H,30,31). The summed E-state index contributed by atoms with van der Waals surface area (Å²) in [6, 6.07) is 15.3. The molecular formula is C25H26FN2O5P. The molecule has 3 atom stereocenters. The molecule has 3 unspecified atom stereocenters. The summed E-state index contributed by atoms with van der Waals surface area (Å²) in [6.45, 7) is 3.90. The Morgan fingerprint density at radius 3 is 2.38 bits per heavy atom. The van der Waals surface area contributed by atoms with Gasteiger partial charge in [0.1, 0.15) is 23.0 Å². The van der Waals surface area contributed by atoms with E-state index in [1.54, 1.807) is 16.7 Å². The molecule has 0 aliphatic heterocycles. The van der Waals surface area contributed by atoms with Crippen LogP contribution in [0.4, 0.5) is 4.39 Å². The van der Waals surface area contributed by atoms with Crippen molar-refractivity contribution < 1.29 is 28.5 Å². The van der Waals surface area contributed by atoms with Crippen LogP contribution in [0.2, 0.25) is 0 Å². The van der Waals surface area contributed by atoms with E-state index in [9.17, 15) is 18.9 Å². The van der Waals surface area contributed by atoms with Crippen LogP contribution in [0.15, 0.2) is 54.6 Å². The fourth-order valence-corrected chi connectivity index (χ4v) is 4.34. The Morgan fingerprint density at radius 1 is 1.18 bits per heavy atom. The van der Waals surface area contributed by atoms with Crippen LogP contribution >= 0.6 is 8.03 Å². The van der Waals surface area contributed by atoms with Crippen LogP contribution in [0.25, 0.3) is 17.1 Å². The summed E-state index contributed by atoms with van der Waals surface area (Å²) < 4.78 is 32.8. The Balaban J connectivity index is 2.25. The first-order valence-corrected chi connectivity index (χ1v) is 12.1. The molecule has 0 amide bonds. The maximum Gasteiger partial charge on any atom is 0.306 e. The molecule has 0 fully saturated rings. The number of aliphatic hydroxyl groups excluding tert-OH is 1. The molecule has 3 rings (SSSR count). The third-order valence-corrected chi connectivity index (χ3v) is 6.58. The van der Waals surface area contributed by atoms with Crippen LogP contribution in [-0.2, 0) is 13.9 Å². The Hall–Kier alpha value is -3.24. The van der Waals surface area contributed by atoms with Gasteiger partial charge in [-0.2, -0.15) is 0 Å². The first-order chi connectivity index (χ1) is 16.2. The number of halogens is 1. The van der Waals surface area contributed by atoms with Gasteiger partial charge in [-0.1, -0.05) is 50.1 Å². The van der Waals surface area contributed by atoms with Gasteiger partial charge < -0.3 is 14.7 Å². The Kier molecular flexibility index (Phi) is 8.41. The highest BCUT2D eigenvalue weighted by Crippen LogP contribution is 2.33. The fourth-order valence-electron chi connectivity index (χ4n) is 3.46. The quantitative estimate of drug-likeness (QED) is 0.361. The smallest absolute Gasteiger partial charge is 0.306 e. The Bertz CT molecular complexity index is 1230. The molecular weight excluding hydrogens is 458 g/mol. The van der Waals surface area contributed by atoms with Gasteiger partial charge in [-0.3, -0.25) is 13.9 Å². The molecule has 7 nitrogen and oxygen atoms in total. The lowest BCUT2D eigenvalue weighted by molar-refractivity contribution is -0.139. The Labute approximate surface area is 198 Å². The normalized spacial score (nSPS) is 13.7. The number of carbonyl (C=O) groups is 1. The maximum absolute atomic E-state index is 13.7. The van der Waals surface area contributed by atoms with Gasteiger partial charge in [0.2, 0.25) is 8.03 Å². The van der Waals surface area contributed by atoms with Gasteiger partial charge in [-0.15, -0.1) is 0 Å². The lowest BCUT2D eigenvalue weighted by atomic mass is 10.1. The minimum Gasteiger partial charge on any atom is -0.481 e. The van der Waals surface area contributed by atoms with E-state index < -0.39 is 38.0 Å². The van der Waals surface area contributed by atoms with Gasteiger partial charge in [0.15, 0.2) is 0 Å². The van der Waals surface area contributed by atoms with Crippen molar-refractivity contribution in [3.05, 3.63) is 71.8 Å². The number of aliphatic hydroxyl groups is 1. The second kappa shape index (κ2) is 11.3. The molecule has 34 heavy (non-hydrogen) atoms. The summed E-state index contributed by atoms with van der Waals surface area (Å²) in [5, 5.41) is 19.4. The number of imidazole rings is 1.